The van der Waals surface area contributed by atoms with Gasteiger partial charge in [0, 0.05) is 22.7 Å². The monoisotopic (exact) mass is 195 g/mol. The van der Waals surface area contributed by atoms with Crippen LogP contribution in [0, 0.1) is 13.8 Å². The highest BCUT2D eigenvalue weighted by Gasteiger charge is 2.26. The molecule has 1 saturated heterocycles. The second-order valence-electron chi connectivity index (χ2n) is 3.92. The van der Waals surface area contributed by atoms with Crippen LogP contribution in [0.5, 0.6) is 0 Å². The van der Waals surface area contributed by atoms with Crippen molar-refractivity contribution in [2.45, 2.75) is 38.5 Å². The van der Waals surface area contributed by atoms with Gasteiger partial charge >= 0.3 is 0 Å². The summed E-state index contributed by atoms with van der Waals surface area (Å²) >= 11 is 2.10. The van der Waals surface area contributed by atoms with Crippen LogP contribution < -0.4 is 0 Å². The van der Waals surface area contributed by atoms with Crippen molar-refractivity contribution in [3.63, 3.8) is 0 Å². The van der Waals surface area contributed by atoms with Crippen LogP contribution in [-0.2, 0) is 0 Å². The largest absolute Gasteiger partial charge is 0.345 e. The normalized spacial score (nSPS) is 28.2. The van der Waals surface area contributed by atoms with Crippen molar-refractivity contribution in [2.24, 2.45) is 0 Å². The summed E-state index contributed by atoms with van der Waals surface area (Å²) in [6.07, 6.45) is 1.34. The van der Waals surface area contributed by atoms with E-state index in [1.54, 1.807) is 0 Å². The summed E-state index contributed by atoms with van der Waals surface area (Å²) in [4.78, 5) is 0. The highest BCUT2D eigenvalue weighted by atomic mass is 32.2. The van der Waals surface area contributed by atoms with Crippen LogP contribution >= 0.6 is 11.8 Å². The van der Waals surface area contributed by atoms with E-state index in [-0.39, 0.29) is 0 Å². The molecule has 2 heterocycles. The lowest BCUT2D eigenvalue weighted by Crippen LogP contribution is -2.16. The molecule has 0 aromatic carbocycles. The van der Waals surface area contributed by atoms with E-state index < -0.39 is 0 Å². The number of aromatic nitrogens is 1. The first kappa shape index (κ1) is 9.20. The molecule has 0 N–H and O–H groups in total. The first-order valence-corrected chi connectivity index (χ1v) is 6.01. The molecular formula is C11H17NS. The highest BCUT2D eigenvalue weighted by molar-refractivity contribution is 8.00. The molecule has 72 valence electrons. The number of hydrogen-bond acceptors (Lipinski definition) is 1. The molecule has 1 aliphatic rings. The molecule has 0 aliphatic carbocycles. The van der Waals surface area contributed by atoms with Gasteiger partial charge in [-0.1, -0.05) is 6.92 Å². The lowest BCUT2D eigenvalue weighted by molar-refractivity contribution is 0.488. The molecule has 0 bridgehead atoms. The maximum atomic E-state index is 2.50. The molecule has 2 rings (SSSR count). The van der Waals surface area contributed by atoms with Gasteiger partial charge in [0.2, 0.25) is 0 Å². The Balaban J connectivity index is 2.33. The summed E-state index contributed by atoms with van der Waals surface area (Å²) in [6.45, 7) is 6.77. The van der Waals surface area contributed by atoms with Crippen molar-refractivity contribution >= 4 is 11.8 Å². The molecule has 0 amide bonds. The third-order valence-electron chi connectivity index (χ3n) is 2.99. The SMILES string of the molecule is Cc1ccc(C)n1C1CCSC1C. The molecular weight excluding hydrogens is 178 g/mol. The van der Waals surface area contributed by atoms with E-state index in [0.717, 1.165) is 11.3 Å². The summed E-state index contributed by atoms with van der Waals surface area (Å²) in [5.74, 6) is 1.32. The van der Waals surface area contributed by atoms with Crippen LogP contribution in [0.4, 0.5) is 0 Å². The van der Waals surface area contributed by atoms with Gasteiger partial charge in [0.05, 0.1) is 0 Å². The molecule has 2 heteroatoms. The van der Waals surface area contributed by atoms with Crippen molar-refractivity contribution in [3.05, 3.63) is 23.5 Å². The summed E-state index contributed by atoms with van der Waals surface area (Å²) in [5, 5.41) is 0.782. The van der Waals surface area contributed by atoms with E-state index in [1.807, 2.05) is 0 Å². The fourth-order valence-corrected chi connectivity index (χ4v) is 3.49. The Morgan fingerprint density at radius 3 is 2.38 bits per heavy atom. The Bertz CT molecular complexity index is 284. The van der Waals surface area contributed by atoms with E-state index in [4.69, 9.17) is 0 Å². The molecule has 2 unspecified atom stereocenters. The topological polar surface area (TPSA) is 4.93 Å². The van der Waals surface area contributed by atoms with Gasteiger partial charge in [0.1, 0.15) is 0 Å². The standard InChI is InChI=1S/C11H17NS/c1-8-4-5-9(2)12(8)11-6-7-13-10(11)3/h4-5,10-11H,6-7H2,1-3H3. The third kappa shape index (κ3) is 1.52. The van der Waals surface area contributed by atoms with Crippen molar-refractivity contribution < 1.29 is 0 Å². The minimum absolute atomic E-state index is 0.736. The van der Waals surface area contributed by atoms with Crippen molar-refractivity contribution in [1.82, 2.24) is 4.57 Å². The second kappa shape index (κ2) is 3.41. The molecule has 1 fully saturated rings. The van der Waals surface area contributed by atoms with Crippen LogP contribution in [0.15, 0.2) is 12.1 Å². The lowest BCUT2D eigenvalue weighted by atomic mass is 10.1. The molecule has 1 aromatic rings. The van der Waals surface area contributed by atoms with E-state index in [2.05, 4.69) is 49.2 Å². The molecule has 0 spiro atoms. The van der Waals surface area contributed by atoms with E-state index in [9.17, 15) is 0 Å². The van der Waals surface area contributed by atoms with Gasteiger partial charge in [-0.2, -0.15) is 11.8 Å². The fraction of sp³-hybridized carbons (Fsp3) is 0.636. The van der Waals surface area contributed by atoms with Gasteiger partial charge in [-0.3, -0.25) is 0 Å². The van der Waals surface area contributed by atoms with Crippen LogP contribution in [0.3, 0.4) is 0 Å². The summed E-state index contributed by atoms with van der Waals surface area (Å²) in [5.41, 5.74) is 2.83. The zero-order valence-electron chi connectivity index (χ0n) is 8.58. The molecule has 0 saturated carbocycles. The van der Waals surface area contributed by atoms with Gasteiger partial charge in [-0.25, -0.2) is 0 Å². The van der Waals surface area contributed by atoms with E-state index in [0.29, 0.717) is 0 Å². The molecule has 13 heavy (non-hydrogen) atoms. The molecule has 0 radical (unpaired) electrons. The number of aryl methyl sites for hydroxylation is 2. The Morgan fingerprint density at radius 2 is 1.92 bits per heavy atom. The Kier molecular flexibility index (Phi) is 2.41. The first-order valence-electron chi connectivity index (χ1n) is 4.96. The zero-order chi connectivity index (χ0) is 9.42. The van der Waals surface area contributed by atoms with Crippen molar-refractivity contribution in [2.75, 3.05) is 5.75 Å². The van der Waals surface area contributed by atoms with E-state index in [1.165, 1.54) is 23.6 Å². The van der Waals surface area contributed by atoms with Crippen LogP contribution in [0.2, 0.25) is 0 Å². The molecule has 1 aliphatic heterocycles. The number of nitrogens with zero attached hydrogens (tertiary/aromatic N) is 1. The Hall–Kier alpha value is -0.370. The van der Waals surface area contributed by atoms with Crippen molar-refractivity contribution in [1.29, 1.82) is 0 Å². The smallest absolute Gasteiger partial charge is 0.0459 e. The molecule has 1 nitrogen and oxygen atoms in total. The van der Waals surface area contributed by atoms with Gasteiger partial charge in [0.25, 0.3) is 0 Å². The molecule has 1 aromatic heterocycles. The predicted octanol–water partition coefficient (Wildman–Crippen LogP) is 3.17. The van der Waals surface area contributed by atoms with Crippen LogP contribution in [-0.4, -0.2) is 15.6 Å². The van der Waals surface area contributed by atoms with E-state index >= 15 is 0 Å². The fourth-order valence-electron chi connectivity index (χ4n) is 2.26. The first-order chi connectivity index (χ1) is 6.20. The summed E-state index contributed by atoms with van der Waals surface area (Å²) in [7, 11) is 0. The molecule has 2 atom stereocenters. The van der Waals surface area contributed by atoms with Crippen molar-refractivity contribution in [3.8, 4) is 0 Å². The number of thioether (sulfide) groups is 1. The number of rotatable bonds is 1. The predicted molar refractivity (Wildman–Crippen MR) is 59.5 cm³/mol. The minimum atomic E-state index is 0.736. The minimum Gasteiger partial charge on any atom is -0.345 e. The zero-order valence-corrected chi connectivity index (χ0v) is 9.40. The summed E-state index contributed by atoms with van der Waals surface area (Å²) < 4.78 is 2.50. The summed E-state index contributed by atoms with van der Waals surface area (Å²) in [6, 6.07) is 5.19. The Labute approximate surface area is 84.5 Å². The van der Waals surface area contributed by atoms with Crippen LogP contribution in [0.1, 0.15) is 30.8 Å². The van der Waals surface area contributed by atoms with Gasteiger partial charge in [-0.05, 0) is 38.2 Å². The highest BCUT2D eigenvalue weighted by Crippen LogP contribution is 2.37. The quantitative estimate of drug-likeness (QED) is 0.666. The maximum Gasteiger partial charge on any atom is 0.0459 e. The van der Waals surface area contributed by atoms with Gasteiger partial charge in [-0.15, -0.1) is 0 Å². The van der Waals surface area contributed by atoms with Gasteiger partial charge < -0.3 is 4.57 Å². The third-order valence-corrected chi connectivity index (χ3v) is 4.30. The second-order valence-corrected chi connectivity index (χ2v) is 5.40. The number of hydrogen-bond donors (Lipinski definition) is 0. The lowest BCUT2D eigenvalue weighted by Gasteiger charge is -2.20. The van der Waals surface area contributed by atoms with Crippen LogP contribution in [0.25, 0.3) is 0 Å². The van der Waals surface area contributed by atoms with Gasteiger partial charge in [0.15, 0.2) is 0 Å². The Morgan fingerprint density at radius 1 is 1.31 bits per heavy atom. The average Bonchev–Trinajstić information content (AvgIpc) is 2.60. The maximum absolute atomic E-state index is 2.50. The average molecular weight is 195 g/mol.